The molecule has 4 nitrogen and oxygen atoms in total. The van der Waals surface area contributed by atoms with Crippen molar-refractivity contribution in [1.29, 1.82) is 0 Å². The quantitative estimate of drug-likeness (QED) is 0.740. The number of hydrogen-bond donors (Lipinski definition) is 2. The second kappa shape index (κ2) is 5.62. The van der Waals surface area contributed by atoms with E-state index in [1.807, 2.05) is 0 Å². The standard InChI is InChI=1S/C15H11F3N4S/c16-15(17,18)8-1-3-9(4-2-8)23-10-5-6-12-11(7-10)13(19)22-14(20)21-12/h1-7H,(H4,19,20,21,22). The fraction of sp³-hybridized carbons (Fsp3) is 0.0667. The van der Waals surface area contributed by atoms with Gasteiger partial charge < -0.3 is 11.5 Å². The Morgan fingerprint density at radius 2 is 1.52 bits per heavy atom. The first kappa shape index (κ1) is 15.4. The summed E-state index contributed by atoms with van der Waals surface area (Å²) in [5.74, 6) is 0.362. The Bertz CT molecular complexity index is 863. The summed E-state index contributed by atoms with van der Waals surface area (Å²) in [7, 11) is 0. The summed E-state index contributed by atoms with van der Waals surface area (Å²) < 4.78 is 37.7. The molecule has 1 heterocycles. The maximum atomic E-state index is 12.6. The number of benzene rings is 2. The predicted octanol–water partition coefficient (Wildman–Crippen LogP) is 3.96. The topological polar surface area (TPSA) is 77.8 Å². The molecule has 0 aliphatic rings. The highest BCUT2D eigenvalue weighted by atomic mass is 32.2. The van der Waals surface area contributed by atoms with Crippen LogP contribution in [-0.4, -0.2) is 9.97 Å². The molecule has 118 valence electrons. The van der Waals surface area contributed by atoms with Crippen molar-refractivity contribution in [3.63, 3.8) is 0 Å². The molecule has 0 aliphatic carbocycles. The molecule has 0 saturated carbocycles. The van der Waals surface area contributed by atoms with Crippen LogP contribution in [-0.2, 0) is 6.18 Å². The number of aromatic nitrogens is 2. The normalized spacial score (nSPS) is 11.8. The van der Waals surface area contributed by atoms with E-state index in [2.05, 4.69) is 9.97 Å². The first-order chi connectivity index (χ1) is 10.8. The molecule has 8 heteroatoms. The van der Waals surface area contributed by atoms with Gasteiger partial charge in [0.15, 0.2) is 0 Å². The highest BCUT2D eigenvalue weighted by Gasteiger charge is 2.29. The van der Waals surface area contributed by atoms with Gasteiger partial charge >= 0.3 is 6.18 Å². The Morgan fingerprint density at radius 3 is 2.17 bits per heavy atom. The van der Waals surface area contributed by atoms with E-state index in [-0.39, 0.29) is 11.8 Å². The third-order valence-electron chi connectivity index (χ3n) is 3.13. The number of halogens is 3. The van der Waals surface area contributed by atoms with Crippen molar-refractivity contribution in [3.8, 4) is 0 Å². The lowest BCUT2D eigenvalue weighted by Crippen LogP contribution is -2.03. The lowest BCUT2D eigenvalue weighted by Gasteiger charge is -2.08. The molecule has 0 atom stereocenters. The van der Waals surface area contributed by atoms with Crippen LogP contribution in [0, 0.1) is 0 Å². The van der Waals surface area contributed by atoms with Crippen molar-refractivity contribution in [3.05, 3.63) is 48.0 Å². The Kier molecular flexibility index (Phi) is 3.77. The van der Waals surface area contributed by atoms with Gasteiger partial charge in [-0.3, -0.25) is 0 Å². The number of anilines is 2. The summed E-state index contributed by atoms with van der Waals surface area (Å²) in [5, 5.41) is 0.649. The van der Waals surface area contributed by atoms with Crippen LogP contribution in [0.4, 0.5) is 24.9 Å². The molecule has 0 saturated heterocycles. The zero-order valence-electron chi connectivity index (χ0n) is 11.6. The van der Waals surface area contributed by atoms with Crippen LogP contribution in [0.25, 0.3) is 10.9 Å². The van der Waals surface area contributed by atoms with E-state index in [4.69, 9.17) is 11.5 Å². The molecular formula is C15H11F3N4S. The van der Waals surface area contributed by atoms with E-state index in [0.717, 1.165) is 17.0 Å². The zero-order valence-corrected chi connectivity index (χ0v) is 12.4. The second-order valence-electron chi connectivity index (χ2n) is 4.77. The number of fused-ring (bicyclic) bond motifs is 1. The number of rotatable bonds is 2. The van der Waals surface area contributed by atoms with Gasteiger partial charge in [-0.25, -0.2) is 4.98 Å². The molecule has 3 rings (SSSR count). The first-order valence-electron chi connectivity index (χ1n) is 6.51. The molecule has 0 radical (unpaired) electrons. The highest BCUT2D eigenvalue weighted by molar-refractivity contribution is 7.99. The zero-order chi connectivity index (χ0) is 16.6. The van der Waals surface area contributed by atoms with Crippen molar-refractivity contribution >= 4 is 34.4 Å². The number of hydrogen-bond acceptors (Lipinski definition) is 5. The summed E-state index contributed by atoms with van der Waals surface area (Å²) in [5.41, 5.74) is 11.3. The average Bonchev–Trinajstić information content (AvgIpc) is 2.47. The van der Waals surface area contributed by atoms with Crippen LogP contribution in [0.5, 0.6) is 0 Å². The van der Waals surface area contributed by atoms with E-state index >= 15 is 0 Å². The molecule has 0 unspecified atom stereocenters. The van der Waals surface area contributed by atoms with Crippen molar-refractivity contribution in [2.24, 2.45) is 0 Å². The van der Waals surface area contributed by atoms with Gasteiger partial charge in [-0.15, -0.1) is 0 Å². The Balaban J connectivity index is 1.89. The van der Waals surface area contributed by atoms with E-state index < -0.39 is 11.7 Å². The summed E-state index contributed by atoms with van der Waals surface area (Å²) in [6, 6.07) is 10.3. The molecular weight excluding hydrogens is 325 g/mol. The minimum absolute atomic E-state index is 0.0955. The largest absolute Gasteiger partial charge is 0.416 e. The molecule has 4 N–H and O–H groups in total. The van der Waals surface area contributed by atoms with Gasteiger partial charge in [0.1, 0.15) is 5.82 Å². The molecule has 0 spiro atoms. The second-order valence-corrected chi connectivity index (χ2v) is 5.92. The summed E-state index contributed by atoms with van der Waals surface area (Å²) in [4.78, 5) is 9.48. The monoisotopic (exact) mass is 336 g/mol. The van der Waals surface area contributed by atoms with Crippen molar-refractivity contribution < 1.29 is 13.2 Å². The minimum Gasteiger partial charge on any atom is -0.383 e. The van der Waals surface area contributed by atoms with E-state index in [0.29, 0.717) is 15.8 Å². The molecule has 0 aliphatic heterocycles. The van der Waals surface area contributed by atoms with Crippen molar-refractivity contribution in [2.45, 2.75) is 16.0 Å². The summed E-state index contributed by atoms with van der Waals surface area (Å²) >= 11 is 1.32. The van der Waals surface area contributed by atoms with Crippen molar-refractivity contribution in [1.82, 2.24) is 9.97 Å². The maximum absolute atomic E-state index is 12.6. The number of nitrogens with zero attached hydrogens (tertiary/aromatic N) is 2. The molecule has 23 heavy (non-hydrogen) atoms. The lowest BCUT2D eigenvalue weighted by molar-refractivity contribution is -0.137. The SMILES string of the molecule is Nc1nc(N)c2cc(Sc3ccc(C(F)(F)F)cc3)ccc2n1. The first-order valence-corrected chi connectivity index (χ1v) is 7.32. The summed E-state index contributed by atoms with van der Waals surface area (Å²) in [6.45, 7) is 0. The van der Waals surface area contributed by atoms with E-state index in [1.165, 1.54) is 23.9 Å². The van der Waals surface area contributed by atoms with Crippen LogP contribution >= 0.6 is 11.8 Å². The lowest BCUT2D eigenvalue weighted by atomic mass is 10.2. The molecule has 3 aromatic rings. The van der Waals surface area contributed by atoms with Crippen LogP contribution in [0.1, 0.15) is 5.56 Å². The van der Waals surface area contributed by atoms with Crippen molar-refractivity contribution in [2.75, 3.05) is 11.5 Å². The van der Waals surface area contributed by atoms with Gasteiger partial charge in [0.05, 0.1) is 11.1 Å². The third kappa shape index (κ3) is 3.31. The smallest absolute Gasteiger partial charge is 0.383 e. The predicted molar refractivity (Wildman–Crippen MR) is 83.9 cm³/mol. The number of alkyl halides is 3. The highest BCUT2D eigenvalue weighted by Crippen LogP contribution is 2.34. The van der Waals surface area contributed by atoms with Gasteiger partial charge in [0, 0.05) is 15.2 Å². The molecule has 0 fully saturated rings. The van der Waals surface area contributed by atoms with Gasteiger partial charge in [0.25, 0.3) is 0 Å². The summed E-state index contributed by atoms with van der Waals surface area (Å²) in [6.07, 6.45) is -4.34. The number of nitrogen functional groups attached to an aromatic ring is 2. The Labute approximate surface area is 133 Å². The molecule has 2 aromatic carbocycles. The maximum Gasteiger partial charge on any atom is 0.416 e. The molecule has 0 bridgehead atoms. The Morgan fingerprint density at radius 1 is 0.870 bits per heavy atom. The fourth-order valence-electron chi connectivity index (χ4n) is 2.06. The molecule has 1 aromatic heterocycles. The van der Waals surface area contributed by atoms with Gasteiger partial charge in [0.2, 0.25) is 5.95 Å². The fourth-order valence-corrected chi connectivity index (χ4v) is 2.92. The molecule has 0 amide bonds. The van der Waals surface area contributed by atoms with Crippen LogP contribution in [0.15, 0.2) is 52.3 Å². The van der Waals surface area contributed by atoms with Gasteiger partial charge in [-0.2, -0.15) is 18.2 Å². The van der Waals surface area contributed by atoms with E-state index in [9.17, 15) is 13.2 Å². The average molecular weight is 336 g/mol. The van der Waals surface area contributed by atoms with Crippen LogP contribution in [0.3, 0.4) is 0 Å². The van der Waals surface area contributed by atoms with E-state index in [1.54, 1.807) is 18.2 Å². The minimum atomic E-state index is -4.34. The van der Waals surface area contributed by atoms with Crippen LogP contribution in [0.2, 0.25) is 0 Å². The Hall–Kier alpha value is -2.48. The number of nitrogens with two attached hydrogens (primary N) is 2. The van der Waals surface area contributed by atoms with Gasteiger partial charge in [-0.1, -0.05) is 11.8 Å². The van der Waals surface area contributed by atoms with Crippen LogP contribution < -0.4 is 11.5 Å². The van der Waals surface area contributed by atoms with Gasteiger partial charge in [-0.05, 0) is 42.5 Å². The third-order valence-corrected chi connectivity index (χ3v) is 4.13.